The number of anilines is 2. The van der Waals surface area contributed by atoms with Gasteiger partial charge in [0.15, 0.2) is 5.65 Å². The fourth-order valence-electron chi connectivity index (χ4n) is 4.29. The van der Waals surface area contributed by atoms with Crippen LogP contribution in [0, 0.1) is 0 Å². The van der Waals surface area contributed by atoms with E-state index in [4.69, 9.17) is 4.98 Å². The largest absolute Gasteiger partial charge is 0.324 e. The molecule has 4 aromatic rings. The summed E-state index contributed by atoms with van der Waals surface area (Å²) in [7, 11) is 0. The van der Waals surface area contributed by atoms with Gasteiger partial charge in [-0.25, -0.2) is 19.3 Å². The van der Waals surface area contributed by atoms with Gasteiger partial charge in [0.25, 0.3) is 5.56 Å². The number of fused-ring (bicyclic) bond motifs is 2. The lowest BCUT2D eigenvalue weighted by atomic mass is 9.96. The van der Waals surface area contributed by atoms with Crippen LogP contribution < -0.4 is 16.2 Å². The highest BCUT2D eigenvalue weighted by Crippen LogP contribution is 2.37. The lowest BCUT2D eigenvalue weighted by Gasteiger charge is -2.18. The fourth-order valence-corrected chi connectivity index (χ4v) is 5.26. The summed E-state index contributed by atoms with van der Waals surface area (Å²) in [5.74, 6) is 0.473. The second kappa shape index (κ2) is 7.50. The number of rotatable bonds is 4. The first-order valence-electron chi connectivity index (χ1n) is 11.4. The molecule has 4 heterocycles. The molecule has 2 N–H and O–H groups in total. The van der Waals surface area contributed by atoms with E-state index in [1.54, 1.807) is 17.5 Å². The number of nitrogens with zero attached hydrogens (tertiary/aromatic N) is 5. The van der Waals surface area contributed by atoms with Crippen LogP contribution in [0.25, 0.3) is 16.2 Å². The zero-order valence-corrected chi connectivity index (χ0v) is 19.9. The van der Waals surface area contributed by atoms with Gasteiger partial charge in [0, 0.05) is 29.5 Å². The van der Waals surface area contributed by atoms with E-state index >= 15 is 0 Å². The van der Waals surface area contributed by atoms with Crippen LogP contribution in [-0.4, -0.2) is 30.9 Å². The first-order valence-corrected chi connectivity index (χ1v) is 12.3. The van der Waals surface area contributed by atoms with E-state index in [0.29, 0.717) is 17.0 Å². The standard InChI is InChI=1S/C24H27N7OS/c1-24(2,3)19-13-27-23(33-19)31-20-18(21(32)30(31)17-6-7-17)12-26-22(29-20)28-16-5-4-14-8-9-25-11-15(14)10-16/h4-5,10,12-13,17,25H,6-9,11H2,1-3H3,(H,26,28,29). The van der Waals surface area contributed by atoms with Crippen LogP contribution in [0.1, 0.15) is 55.7 Å². The van der Waals surface area contributed by atoms with Crippen LogP contribution in [0.5, 0.6) is 0 Å². The maximum Gasteiger partial charge on any atom is 0.278 e. The molecule has 170 valence electrons. The molecule has 0 atom stereocenters. The van der Waals surface area contributed by atoms with E-state index in [2.05, 4.69) is 59.6 Å². The van der Waals surface area contributed by atoms with Crippen LogP contribution in [0.2, 0.25) is 0 Å². The third-order valence-electron chi connectivity index (χ3n) is 6.28. The van der Waals surface area contributed by atoms with Gasteiger partial charge < -0.3 is 10.6 Å². The molecule has 1 fully saturated rings. The molecule has 6 rings (SSSR count). The normalized spacial score (nSPS) is 16.2. The van der Waals surface area contributed by atoms with E-state index < -0.39 is 0 Å². The predicted molar refractivity (Wildman–Crippen MR) is 131 cm³/mol. The maximum atomic E-state index is 13.2. The Labute approximate surface area is 195 Å². The molecular weight excluding hydrogens is 434 g/mol. The quantitative estimate of drug-likeness (QED) is 0.476. The summed E-state index contributed by atoms with van der Waals surface area (Å²) in [6.07, 6.45) is 6.59. The van der Waals surface area contributed by atoms with Crippen molar-refractivity contribution < 1.29 is 0 Å². The summed E-state index contributed by atoms with van der Waals surface area (Å²) in [5.41, 5.74) is 4.15. The Morgan fingerprint density at radius 3 is 2.76 bits per heavy atom. The molecule has 1 aliphatic carbocycles. The number of hydrogen-bond acceptors (Lipinski definition) is 7. The summed E-state index contributed by atoms with van der Waals surface area (Å²) >= 11 is 1.61. The molecule has 0 saturated heterocycles. The molecular formula is C24H27N7OS. The second-order valence-corrected chi connectivity index (χ2v) is 10.9. The highest BCUT2D eigenvalue weighted by Gasteiger charge is 2.32. The summed E-state index contributed by atoms with van der Waals surface area (Å²) in [4.78, 5) is 28.4. The van der Waals surface area contributed by atoms with Crippen molar-refractivity contribution in [3.8, 4) is 5.13 Å². The zero-order chi connectivity index (χ0) is 22.7. The van der Waals surface area contributed by atoms with Crippen molar-refractivity contribution >= 4 is 34.0 Å². The molecule has 0 bridgehead atoms. The van der Waals surface area contributed by atoms with E-state index in [9.17, 15) is 4.79 Å². The fraction of sp³-hybridized carbons (Fsp3) is 0.417. The monoisotopic (exact) mass is 461 g/mol. The summed E-state index contributed by atoms with van der Waals surface area (Å²) in [6, 6.07) is 6.57. The van der Waals surface area contributed by atoms with Gasteiger partial charge in [-0.05, 0) is 54.5 Å². The minimum atomic E-state index is -0.0496. The molecule has 1 saturated carbocycles. The van der Waals surface area contributed by atoms with Crippen LogP contribution in [0.3, 0.4) is 0 Å². The highest BCUT2D eigenvalue weighted by atomic mass is 32.1. The molecule has 9 heteroatoms. The van der Waals surface area contributed by atoms with E-state index in [-0.39, 0.29) is 17.0 Å². The van der Waals surface area contributed by atoms with Crippen molar-refractivity contribution in [1.29, 1.82) is 0 Å². The predicted octanol–water partition coefficient (Wildman–Crippen LogP) is 4.06. The van der Waals surface area contributed by atoms with Gasteiger partial charge in [0.1, 0.15) is 5.39 Å². The number of benzene rings is 1. The smallest absolute Gasteiger partial charge is 0.278 e. The van der Waals surface area contributed by atoms with Gasteiger partial charge in [0.2, 0.25) is 11.1 Å². The summed E-state index contributed by atoms with van der Waals surface area (Å²) < 4.78 is 3.72. The second-order valence-electron chi connectivity index (χ2n) is 9.92. The molecule has 0 spiro atoms. The molecule has 33 heavy (non-hydrogen) atoms. The average molecular weight is 462 g/mol. The van der Waals surface area contributed by atoms with Crippen molar-refractivity contribution in [3.63, 3.8) is 0 Å². The highest BCUT2D eigenvalue weighted by molar-refractivity contribution is 7.14. The van der Waals surface area contributed by atoms with Crippen molar-refractivity contribution in [3.05, 3.63) is 57.0 Å². The van der Waals surface area contributed by atoms with Crippen molar-refractivity contribution in [2.75, 3.05) is 11.9 Å². The van der Waals surface area contributed by atoms with E-state index in [1.807, 2.05) is 15.6 Å². The Hall–Kier alpha value is -3.04. The number of nitrogens with one attached hydrogen (secondary N) is 2. The minimum absolute atomic E-state index is 0.00736. The Morgan fingerprint density at radius 1 is 1.15 bits per heavy atom. The maximum absolute atomic E-state index is 13.2. The Morgan fingerprint density at radius 2 is 2.00 bits per heavy atom. The first-order chi connectivity index (χ1) is 15.9. The van der Waals surface area contributed by atoms with Crippen LogP contribution in [0.15, 0.2) is 35.4 Å². The van der Waals surface area contributed by atoms with Gasteiger partial charge in [-0.1, -0.05) is 38.2 Å². The molecule has 8 nitrogen and oxygen atoms in total. The lowest BCUT2D eigenvalue weighted by Crippen LogP contribution is -2.23. The molecule has 0 amide bonds. The average Bonchev–Trinajstić information content (AvgIpc) is 3.42. The van der Waals surface area contributed by atoms with E-state index in [1.165, 1.54) is 16.0 Å². The molecule has 0 radical (unpaired) electrons. The topological polar surface area (TPSA) is 89.7 Å². The molecule has 1 aliphatic heterocycles. The molecule has 0 unspecified atom stereocenters. The van der Waals surface area contributed by atoms with Gasteiger partial charge in [0.05, 0.1) is 6.04 Å². The van der Waals surface area contributed by atoms with Gasteiger partial charge in [-0.15, -0.1) is 0 Å². The van der Waals surface area contributed by atoms with Crippen molar-refractivity contribution in [2.45, 2.75) is 58.0 Å². The van der Waals surface area contributed by atoms with Gasteiger partial charge in [-0.2, -0.15) is 4.98 Å². The van der Waals surface area contributed by atoms with Crippen molar-refractivity contribution in [1.82, 2.24) is 29.6 Å². The molecule has 3 aromatic heterocycles. The number of aromatic nitrogens is 5. The van der Waals surface area contributed by atoms with Gasteiger partial charge in [-0.3, -0.25) is 4.79 Å². The third kappa shape index (κ3) is 3.65. The Balaban J connectivity index is 1.44. The number of thiazole rings is 1. The van der Waals surface area contributed by atoms with Gasteiger partial charge >= 0.3 is 0 Å². The Kier molecular flexibility index (Phi) is 4.67. The van der Waals surface area contributed by atoms with E-state index in [0.717, 1.165) is 43.2 Å². The number of hydrogen-bond donors (Lipinski definition) is 2. The van der Waals surface area contributed by atoms with Crippen molar-refractivity contribution in [2.24, 2.45) is 0 Å². The van der Waals surface area contributed by atoms with Crippen LogP contribution in [-0.2, 0) is 18.4 Å². The van der Waals surface area contributed by atoms with Crippen LogP contribution in [0.4, 0.5) is 11.6 Å². The zero-order valence-electron chi connectivity index (χ0n) is 19.1. The lowest BCUT2D eigenvalue weighted by molar-refractivity contribution is 0.558. The Bertz CT molecular complexity index is 1420. The summed E-state index contributed by atoms with van der Waals surface area (Å²) in [6.45, 7) is 8.40. The molecule has 2 aliphatic rings. The van der Waals surface area contributed by atoms with Crippen LogP contribution >= 0.6 is 11.3 Å². The summed E-state index contributed by atoms with van der Waals surface area (Å²) in [5, 5.41) is 8.04. The first kappa shape index (κ1) is 20.6. The molecule has 1 aromatic carbocycles. The SMILES string of the molecule is CC(C)(C)c1cnc(-n2c3nc(Nc4ccc5c(c4)CNCC5)ncc3c(=O)n2C2CC2)s1. The third-order valence-corrected chi connectivity index (χ3v) is 7.68. The minimum Gasteiger partial charge on any atom is -0.324 e.